The molecule has 2 unspecified atom stereocenters. The summed E-state index contributed by atoms with van der Waals surface area (Å²) in [4.78, 5) is 31.1. The standard InChI is InChI=1S/C26H26ClN3O5S.C6H10/c1-6-22-24(16-11-21(34-4)17(27)12-20(16)33-3)28-26(36-22)29-25(32)19-10-15-9-14(2)7-8-18(15)30(19)13-23(31)35-5;1-2-5-4-6(5)3-1/h7-12H,6,13H2,1-5H3,(H,28,29,32);5-6H,1-4H2. The van der Waals surface area contributed by atoms with Crippen LogP contribution in [0.4, 0.5) is 5.13 Å². The largest absolute Gasteiger partial charge is 0.496 e. The number of carbonyl (C=O) groups is 2. The number of methoxy groups -OCH3 is 3. The van der Waals surface area contributed by atoms with Crippen LogP contribution in [0.3, 0.4) is 0 Å². The molecule has 42 heavy (non-hydrogen) atoms. The zero-order chi connectivity index (χ0) is 30.0. The molecule has 2 fully saturated rings. The number of esters is 1. The number of hydrogen-bond acceptors (Lipinski definition) is 7. The lowest BCUT2D eigenvalue weighted by atomic mass is 10.1. The van der Waals surface area contributed by atoms with Gasteiger partial charge in [0.25, 0.3) is 5.91 Å². The molecular formula is C32H36ClN3O5S. The summed E-state index contributed by atoms with van der Waals surface area (Å²) < 4.78 is 17.4. The minimum absolute atomic E-state index is 0.0864. The molecule has 2 heterocycles. The van der Waals surface area contributed by atoms with Crippen molar-refractivity contribution in [2.24, 2.45) is 11.8 Å². The third kappa shape index (κ3) is 6.27. The molecule has 4 aromatic rings. The van der Waals surface area contributed by atoms with Gasteiger partial charge in [0.15, 0.2) is 5.13 Å². The van der Waals surface area contributed by atoms with Gasteiger partial charge in [-0.15, -0.1) is 11.3 Å². The van der Waals surface area contributed by atoms with Crippen LogP contribution in [0, 0.1) is 18.8 Å². The Labute approximate surface area is 254 Å². The van der Waals surface area contributed by atoms with Crippen molar-refractivity contribution in [3.63, 3.8) is 0 Å². The lowest BCUT2D eigenvalue weighted by Gasteiger charge is -2.11. The molecule has 1 amide bonds. The first-order valence-electron chi connectivity index (χ1n) is 14.2. The summed E-state index contributed by atoms with van der Waals surface area (Å²) in [6.45, 7) is 3.90. The van der Waals surface area contributed by atoms with Crippen molar-refractivity contribution < 1.29 is 23.8 Å². The van der Waals surface area contributed by atoms with Crippen molar-refractivity contribution in [2.75, 3.05) is 26.6 Å². The van der Waals surface area contributed by atoms with E-state index < -0.39 is 5.97 Å². The number of thiazole rings is 1. The summed E-state index contributed by atoms with van der Waals surface area (Å²) in [7, 11) is 4.42. The molecule has 0 saturated heterocycles. The van der Waals surface area contributed by atoms with Crippen LogP contribution >= 0.6 is 22.9 Å². The summed E-state index contributed by atoms with van der Waals surface area (Å²) in [5.74, 6) is 2.64. The maximum absolute atomic E-state index is 13.4. The molecule has 10 heteroatoms. The first-order valence-corrected chi connectivity index (χ1v) is 15.3. The number of aryl methyl sites for hydroxylation is 2. The summed E-state index contributed by atoms with van der Waals surface area (Å²) in [5, 5.41) is 4.61. The van der Waals surface area contributed by atoms with Gasteiger partial charge in [-0.3, -0.25) is 14.9 Å². The van der Waals surface area contributed by atoms with Crippen LogP contribution in [0.25, 0.3) is 22.2 Å². The fourth-order valence-corrected chi connectivity index (χ4v) is 6.81. The van der Waals surface area contributed by atoms with Crippen LogP contribution in [0.5, 0.6) is 11.5 Å². The monoisotopic (exact) mass is 609 g/mol. The maximum Gasteiger partial charge on any atom is 0.325 e. The number of carbonyl (C=O) groups excluding carboxylic acids is 2. The van der Waals surface area contributed by atoms with Crippen molar-refractivity contribution in [3.8, 4) is 22.8 Å². The van der Waals surface area contributed by atoms with Gasteiger partial charge in [0.2, 0.25) is 0 Å². The highest BCUT2D eigenvalue weighted by atomic mass is 35.5. The van der Waals surface area contributed by atoms with E-state index in [4.69, 9.17) is 30.8 Å². The van der Waals surface area contributed by atoms with E-state index in [1.165, 1.54) is 36.7 Å². The Morgan fingerprint density at radius 2 is 1.81 bits per heavy atom. The second-order valence-electron chi connectivity index (χ2n) is 10.7. The Morgan fingerprint density at radius 3 is 2.40 bits per heavy atom. The van der Waals surface area contributed by atoms with Crippen LogP contribution in [0.2, 0.25) is 5.02 Å². The number of halogens is 1. The second-order valence-corrected chi connectivity index (χ2v) is 12.2. The minimum atomic E-state index is -0.448. The lowest BCUT2D eigenvalue weighted by molar-refractivity contribution is -0.141. The minimum Gasteiger partial charge on any atom is -0.496 e. The zero-order valence-electron chi connectivity index (χ0n) is 24.6. The van der Waals surface area contributed by atoms with Gasteiger partial charge in [0, 0.05) is 27.4 Å². The van der Waals surface area contributed by atoms with Crippen LogP contribution in [0.1, 0.15) is 53.5 Å². The molecule has 0 spiro atoms. The molecule has 2 aliphatic rings. The number of hydrogen-bond donors (Lipinski definition) is 1. The Morgan fingerprint density at radius 1 is 1.07 bits per heavy atom. The molecule has 6 rings (SSSR count). The summed E-state index contributed by atoms with van der Waals surface area (Å²) in [5.41, 5.74) is 3.54. The lowest BCUT2D eigenvalue weighted by Crippen LogP contribution is -2.20. The second kappa shape index (κ2) is 12.8. The SMILES string of the molecule is C1CC2CC2C1.CCc1sc(NC(=O)c2cc3cc(C)ccc3n2CC(=O)OC)nc1-c1cc(OC)c(Cl)cc1OC. The summed E-state index contributed by atoms with van der Waals surface area (Å²) in [6.07, 6.45) is 6.93. The highest BCUT2D eigenvalue weighted by molar-refractivity contribution is 7.16. The molecule has 2 aromatic heterocycles. The quantitative estimate of drug-likeness (QED) is 0.208. The van der Waals surface area contributed by atoms with Crippen LogP contribution in [0.15, 0.2) is 36.4 Å². The maximum atomic E-state index is 13.4. The van der Waals surface area contributed by atoms with Crippen LogP contribution in [-0.4, -0.2) is 42.8 Å². The number of fused-ring (bicyclic) bond motifs is 2. The average molecular weight is 610 g/mol. The van der Waals surface area contributed by atoms with Gasteiger partial charge in [-0.25, -0.2) is 4.98 Å². The Bertz CT molecular complexity index is 1620. The first kappa shape index (κ1) is 29.9. The van der Waals surface area contributed by atoms with Crippen molar-refractivity contribution in [1.29, 1.82) is 0 Å². The molecule has 8 nitrogen and oxygen atoms in total. The Balaban J connectivity index is 0.000000513. The molecule has 222 valence electrons. The zero-order valence-corrected chi connectivity index (χ0v) is 26.2. The summed E-state index contributed by atoms with van der Waals surface area (Å²) in [6, 6.07) is 11.0. The fourth-order valence-electron chi connectivity index (χ4n) is 5.66. The third-order valence-corrected chi connectivity index (χ3v) is 9.40. The van der Waals surface area contributed by atoms with E-state index in [1.54, 1.807) is 56.2 Å². The third-order valence-electron chi connectivity index (χ3n) is 7.99. The predicted molar refractivity (Wildman–Crippen MR) is 167 cm³/mol. The topological polar surface area (TPSA) is 91.7 Å². The average Bonchev–Trinajstić information content (AvgIpc) is 3.29. The molecule has 0 aliphatic heterocycles. The van der Waals surface area contributed by atoms with Gasteiger partial charge < -0.3 is 18.8 Å². The van der Waals surface area contributed by atoms with Gasteiger partial charge >= 0.3 is 5.97 Å². The number of aromatic nitrogens is 2. The van der Waals surface area contributed by atoms with E-state index in [-0.39, 0.29) is 12.5 Å². The van der Waals surface area contributed by atoms with E-state index in [0.29, 0.717) is 45.0 Å². The summed E-state index contributed by atoms with van der Waals surface area (Å²) >= 11 is 7.65. The molecule has 2 saturated carbocycles. The van der Waals surface area contributed by atoms with E-state index in [9.17, 15) is 9.59 Å². The molecular weight excluding hydrogens is 574 g/mol. The van der Waals surface area contributed by atoms with Crippen molar-refractivity contribution >= 4 is 50.8 Å². The number of anilines is 1. The molecule has 2 aliphatic carbocycles. The van der Waals surface area contributed by atoms with Gasteiger partial charge in [-0.05, 0) is 55.9 Å². The number of rotatable bonds is 8. The van der Waals surface area contributed by atoms with Crippen molar-refractivity contribution in [1.82, 2.24) is 9.55 Å². The molecule has 2 aromatic carbocycles. The van der Waals surface area contributed by atoms with Gasteiger partial charge in [0.05, 0.1) is 32.0 Å². The normalized spacial score (nSPS) is 16.8. The van der Waals surface area contributed by atoms with Gasteiger partial charge in [-0.2, -0.15) is 0 Å². The predicted octanol–water partition coefficient (Wildman–Crippen LogP) is 7.54. The molecule has 1 N–H and O–H groups in total. The highest BCUT2D eigenvalue weighted by Gasteiger charge is 2.40. The number of benzene rings is 2. The number of nitrogens with one attached hydrogen (secondary N) is 1. The molecule has 0 radical (unpaired) electrons. The van der Waals surface area contributed by atoms with Gasteiger partial charge in [-0.1, -0.05) is 49.4 Å². The van der Waals surface area contributed by atoms with Crippen LogP contribution < -0.4 is 14.8 Å². The number of ether oxygens (including phenoxy) is 3. The van der Waals surface area contributed by atoms with E-state index in [2.05, 4.69) is 5.32 Å². The smallest absolute Gasteiger partial charge is 0.325 e. The highest BCUT2D eigenvalue weighted by Crippen LogP contribution is 2.51. The fraction of sp³-hybridized carbons (Fsp3) is 0.406. The number of amides is 1. The molecule has 0 bridgehead atoms. The van der Waals surface area contributed by atoms with E-state index in [1.807, 2.05) is 32.0 Å². The van der Waals surface area contributed by atoms with E-state index in [0.717, 1.165) is 21.3 Å². The molecule has 2 atom stereocenters. The Hall–Kier alpha value is -3.56. The van der Waals surface area contributed by atoms with Crippen molar-refractivity contribution in [3.05, 3.63) is 57.6 Å². The Kier molecular flexibility index (Phi) is 9.08. The first-order chi connectivity index (χ1) is 20.3. The number of nitrogens with zero attached hydrogens (tertiary/aromatic N) is 2. The van der Waals surface area contributed by atoms with Crippen molar-refractivity contribution in [2.45, 2.75) is 52.5 Å². The van der Waals surface area contributed by atoms with E-state index >= 15 is 0 Å². The van der Waals surface area contributed by atoms with Crippen LogP contribution in [-0.2, 0) is 22.5 Å². The van der Waals surface area contributed by atoms with Gasteiger partial charge in [0.1, 0.15) is 23.7 Å².